The molecule has 0 saturated heterocycles. The van der Waals surface area contributed by atoms with Gasteiger partial charge in [-0.25, -0.2) is 0 Å². The predicted molar refractivity (Wildman–Crippen MR) is 86.6 cm³/mol. The first-order valence-electron chi connectivity index (χ1n) is 7.16. The molecule has 0 fully saturated rings. The molecule has 5 heteroatoms. The topological polar surface area (TPSA) is 65.0 Å². The molecule has 0 amide bonds. The van der Waals surface area contributed by atoms with Crippen molar-refractivity contribution in [3.63, 3.8) is 0 Å². The van der Waals surface area contributed by atoms with Crippen LogP contribution in [0.5, 0.6) is 17.2 Å². The van der Waals surface area contributed by atoms with Crippen LogP contribution in [0, 0.1) is 0 Å². The molecule has 2 rings (SSSR count). The molecule has 23 heavy (non-hydrogen) atoms. The van der Waals surface area contributed by atoms with Gasteiger partial charge in [0.25, 0.3) is 0 Å². The molecule has 0 aliphatic rings. The first kappa shape index (κ1) is 16.7. The Kier molecular flexibility index (Phi) is 5.46. The third-order valence-electron chi connectivity index (χ3n) is 3.71. The van der Waals surface area contributed by atoms with Crippen molar-refractivity contribution in [3.05, 3.63) is 53.6 Å². The normalized spacial score (nSPS) is 11.6. The highest BCUT2D eigenvalue weighted by Gasteiger charge is 2.22. The van der Waals surface area contributed by atoms with Crippen LogP contribution in [0.4, 0.5) is 0 Å². The van der Waals surface area contributed by atoms with Crippen LogP contribution >= 0.6 is 0 Å². The van der Waals surface area contributed by atoms with Gasteiger partial charge in [0.2, 0.25) is 0 Å². The quantitative estimate of drug-likeness (QED) is 0.849. The Morgan fingerprint density at radius 3 is 2.09 bits per heavy atom. The maximum absolute atomic E-state index is 11.3. The number of benzene rings is 2. The van der Waals surface area contributed by atoms with Crippen molar-refractivity contribution in [2.75, 3.05) is 21.3 Å². The zero-order valence-electron chi connectivity index (χ0n) is 13.4. The van der Waals surface area contributed by atoms with Crippen molar-refractivity contribution in [1.29, 1.82) is 0 Å². The Hall–Kier alpha value is -2.69. The predicted octanol–water partition coefficient (Wildman–Crippen LogP) is 3.32. The highest BCUT2D eigenvalue weighted by atomic mass is 16.5. The first-order chi connectivity index (χ1) is 11.1. The van der Waals surface area contributed by atoms with Gasteiger partial charge in [-0.05, 0) is 23.8 Å². The van der Waals surface area contributed by atoms with Gasteiger partial charge in [0, 0.05) is 17.5 Å². The molecule has 1 unspecified atom stereocenters. The van der Waals surface area contributed by atoms with Gasteiger partial charge in [-0.1, -0.05) is 18.2 Å². The summed E-state index contributed by atoms with van der Waals surface area (Å²) in [6.07, 6.45) is -0.0327. The fraction of sp³-hybridized carbons (Fsp3) is 0.278. The summed E-state index contributed by atoms with van der Waals surface area (Å²) in [7, 11) is 4.73. The second-order valence-electron chi connectivity index (χ2n) is 5.03. The lowest BCUT2D eigenvalue weighted by Crippen LogP contribution is -2.09. The molecule has 0 heterocycles. The van der Waals surface area contributed by atoms with Crippen LogP contribution in [0.1, 0.15) is 23.5 Å². The van der Waals surface area contributed by atoms with Crippen molar-refractivity contribution >= 4 is 5.97 Å². The molecular formula is C18H20O5. The number of rotatable bonds is 7. The average Bonchev–Trinajstić information content (AvgIpc) is 2.59. The highest BCUT2D eigenvalue weighted by Crippen LogP contribution is 2.37. The van der Waals surface area contributed by atoms with Crippen LogP contribution in [0.25, 0.3) is 0 Å². The van der Waals surface area contributed by atoms with Crippen LogP contribution < -0.4 is 14.2 Å². The standard InChI is InChI=1S/C18H20O5/c1-21-13-6-4-12(5-7-13)16(11-18(19)20)15-9-8-14(22-2)10-17(15)23-3/h4-10,16H,11H2,1-3H3,(H,19,20). The zero-order chi connectivity index (χ0) is 16.8. The van der Waals surface area contributed by atoms with E-state index in [2.05, 4.69) is 0 Å². The van der Waals surface area contributed by atoms with Gasteiger partial charge < -0.3 is 19.3 Å². The summed E-state index contributed by atoms with van der Waals surface area (Å²) in [6, 6.07) is 12.8. The molecule has 0 aliphatic carbocycles. The minimum Gasteiger partial charge on any atom is -0.497 e. The summed E-state index contributed by atoms with van der Waals surface area (Å²) in [6.45, 7) is 0. The Bertz CT molecular complexity index is 664. The van der Waals surface area contributed by atoms with Crippen molar-refractivity contribution < 1.29 is 24.1 Å². The van der Waals surface area contributed by atoms with Crippen molar-refractivity contribution in [2.24, 2.45) is 0 Å². The first-order valence-corrected chi connectivity index (χ1v) is 7.16. The van der Waals surface area contributed by atoms with E-state index in [0.29, 0.717) is 11.5 Å². The molecule has 0 saturated carbocycles. The summed E-state index contributed by atoms with van der Waals surface area (Å²) >= 11 is 0. The van der Waals surface area contributed by atoms with Gasteiger partial charge in [0.05, 0.1) is 27.8 Å². The third-order valence-corrected chi connectivity index (χ3v) is 3.71. The van der Waals surface area contributed by atoms with Crippen LogP contribution in [-0.4, -0.2) is 32.4 Å². The number of carboxylic acids is 1. The molecule has 2 aromatic carbocycles. The lowest BCUT2D eigenvalue weighted by molar-refractivity contribution is -0.137. The number of carbonyl (C=O) groups is 1. The maximum Gasteiger partial charge on any atom is 0.304 e. The molecule has 0 aromatic heterocycles. The number of hydrogen-bond acceptors (Lipinski definition) is 4. The maximum atomic E-state index is 11.3. The largest absolute Gasteiger partial charge is 0.497 e. The summed E-state index contributed by atoms with van der Waals surface area (Å²) in [4.78, 5) is 11.3. The van der Waals surface area contributed by atoms with E-state index in [1.807, 2.05) is 30.3 Å². The Labute approximate surface area is 135 Å². The van der Waals surface area contributed by atoms with Crippen LogP contribution in [0.3, 0.4) is 0 Å². The van der Waals surface area contributed by atoms with E-state index in [0.717, 1.165) is 16.9 Å². The number of hydrogen-bond donors (Lipinski definition) is 1. The third kappa shape index (κ3) is 3.94. The fourth-order valence-corrected chi connectivity index (χ4v) is 2.52. The van der Waals surface area contributed by atoms with E-state index in [9.17, 15) is 9.90 Å². The smallest absolute Gasteiger partial charge is 0.304 e. The number of carboxylic acid groups (broad SMARTS) is 1. The molecule has 1 N–H and O–H groups in total. The summed E-state index contributed by atoms with van der Waals surface area (Å²) < 4.78 is 15.8. The molecule has 0 radical (unpaired) electrons. The number of aliphatic carboxylic acids is 1. The second kappa shape index (κ2) is 7.54. The van der Waals surface area contributed by atoms with Crippen LogP contribution in [-0.2, 0) is 4.79 Å². The lowest BCUT2D eigenvalue weighted by Gasteiger charge is -2.20. The van der Waals surface area contributed by atoms with Crippen molar-refractivity contribution in [2.45, 2.75) is 12.3 Å². The molecule has 0 bridgehead atoms. The van der Waals surface area contributed by atoms with E-state index < -0.39 is 5.97 Å². The SMILES string of the molecule is COc1ccc(C(CC(=O)O)c2ccc(OC)cc2OC)cc1. The molecule has 0 spiro atoms. The molecule has 0 aliphatic heterocycles. The minimum absolute atomic E-state index is 0.0327. The molecular weight excluding hydrogens is 296 g/mol. The van der Waals surface area contributed by atoms with Gasteiger partial charge in [-0.15, -0.1) is 0 Å². The highest BCUT2D eigenvalue weighted by molar-refractivity contribution is 5.69. The average molecular weight is 316 g/mol. The Morgan fingerprint density at radius 1 is 0.957 bits per heavy atom. The van der Waals surface area contributed by atoms with E-state index in [-0.39, 0.29) is 12.3 Å². The lowest BCUT2D eigenvalue weighted by atomic mass is 9.88. The van der Waals surface area contributed by atoms with Crippen molar-refractivity contribution in [1.82, 2.24) is 0 Å². The monoisotopic (exact) mass is 316 g/mol. The van der Waals surface area contributed by atoms with E-state index in [1.54, 1.807) is 33.5 Å². The summed E-state index contributed by atoms with van der Waals surface area (Å²) in [5.74, 6) is 0.799. The van der Waals surface area contributed by atoms with Gasteiger partial charge in [-0.3, -0.25) is 4.79 Å². The Morgan fingerprint density at radius 2 is 1.57 bits per heavy atom. The summed E-state index contributed by atoms with van der Waals surface area (Å²) in [5.41, 5.74) is 1.69. The number of ether oxygens (including phenoxy) is 3. The van der Waals surface area contributed by atoms with E-state index in [4.69, 9.17) is 14.2 Å². The molecule has 1 atom stereocenters. The van der Waals surface area contributed by atoms with E-state index in [1.165, 1.54) is 0 Å². The van der Waals surface area contributed by atoms with Gasteiger partial charge >= 0.3 is 5.97 Å². The van der Waals surface area contributed by atoms with Crippen molar-refractivity contribution in [3.8, 4) is 17.2 Å². The van der Waals surface area contributed by atoms with Gasteiger partial charge in [0.1, 0.15) is 17.2 Å². The molecule has 2 aromatic rings. The second-order valence-corrected chi connectivity index (χ2v) is 5.03. The number of methoxy groups -OCH3 is 3. The minimum atomic E-state index is -0.872. The van der Waals surface area contributed by atoms with Crippen LogP contribution in [0.2, 0.25) is 0 Å². The Balaban J connectivity index is 2.47. The van der Waals surface area contributed by atoms with Gasteiger partial charge in [-0.2, -0.15) is 0 Å². The zero-order valence-corrected chi connectivity index (χ0v) is 13.4. The summed E-state index contributed by atoms with van der Waals surface area (Å²) in [5, 5.41) is 9.28. The van der Waals surface area contributed by atoms with Crippen LogP contribution in [0.15, 0.2) is 42.5 Å². The van der Waals surface area contributed by atoms with E-state index >= 15 is 0 Å². The molecule has 5 nitrogen and oxygen atoms in total. The fourth-order valence-electron chi connectivity index (χ4n) is 2.52. The molecule has 122 valence electrons. The van der Waals surface area contributed by atoms with Gasteiger partial charge in [0.15, 0.2) is 0 Å².